The molecule has 0 aromatic heterocycles. The molecule has 0 spiro atoms. The molecule has 53 heavy (non-hydrogen) atoms. The highest BCUT2D eigenvalue weighted by molar-refractivity contribution is 5.91. The fourth-order valence-electron chi connectivity index (χ4n) is 8.59. The largest absolute Gasteiger partial charge is 0.455 e. The summed E-state index contributed by atoms with van der Waals surface area (Å²) in [6, 6.07) is 7.77. The third-order valence-corrected chi connectivity index (χ3v) is 11.9. The number of hydrogen-bond acceptors (Lipinski definition) is 9. The molecule has 1 aromatic carbocycles. The average molecular weight is 739 g/mol. The summed E-state index contributed by atoms with van der Waals surface area (Å²) in [4.78, 5) is 66.2. The van der Waals surface area contributed by atoms with Gasteiger partial charge in [0.05, 0.1) is 25.3 Å². The van der Waals surface area contributed by atoms with Crippen molar-refractivity contribution in [2.75, 3.05) is 73.1 Å². The van der Waals surface area contributed by atoms with E-state index < -0.39 is 23.6 Å². The van der Waals surface area contributed by atoms with Crippen LogP contribution in [0.4, 0.5) is 0 Å². The van der Waals surface area contributed by atoms with Gasteiger partial charge < -0.3 is 24.6 Å². The SMILES string of the molecule is CC(C)[C@@H](CN1CCC[C@H]1C(=O)N1CCC[C@H]1C(=O)OC(CN1CCOCC1)c1ccccc1)N(C)C(=O)[C@@H](NC(=O)[C@H]1CCCCN1C)C(C)(C)C. The molecule has 4 aliphatic heterocycles. The molecule has 296 valence electrons. The van der Waals surface area contributed by atoms with E-state index >= 15 is 0 Å². The first kappa shape index (κ1) is 41.1. The second-order valence-corrected chi connectivity index (χ2v) is 17.2. The van der Waals surface area contributed by atoms with Gasteiger partial charge >= 0.3 is 5.97 Å². The van der Waals surface area contributed by atoms with Crippen molar-refractivity contribution < 1.29 is 28.7 Å². The molecule has 1 unspecified atom stereocenters. The average Bonchev–Trinajstić information content (AvgIpc) is 3.83. The number of benzene rings is 1. The van der Waals surface area contributed by atoms with E-state index in [1.165, 1.54) is 0 Å². The van der Waals surface area contributed by atoms with Gasteiger partial charge in [-0.3, -0.25) is 29.1 Å². The molecule has 5 rings (SSSR count). The van der Waals surface area contributed by atoms with Crippen LogP contribution in [-0.4, -0.2) is 152 Å². The maximum Gasteiger partial charge on any atom is 0.329 e. The molecular weight excluding hydrogens is 672 g/mol. The fourth-order valence-corrected chi connectivity index (χ4v) is 8.59. The van der Waals surface area contributed by atoms with Gasteiger partial charge in [0.2, 0.25) is 17.7 Å². The molecule has 0 bridgehead atoms. The Morgan fingerprint density at radius 1 is 0.868 bits per heavy atom. The van der Waals surface area contributed by atoms with Crippen molar-refractivity contribution in [1.29, 1.82) is 0 Å². The van der Waals surface area contributed by atoms with Crippen LogP contribution in [0.25, 0.3) is 0 Å². The summed E-state index contributed by atoms with van der Waals surface area (Å²) >= 11 is 0. The first-order valence-electron chi connectivity index (χ1n) is 20.1. The number of ether oxygens (including phenoxy) is 2. The van der Waals surface area contributed by atoms with E-state index in [1.54, 1.807) is 9.80 Å². The van der Waals surface area contributed by atoms with Crippen LogP contribution in [-0.2, 0) is 28.7 Å². The molecular formula is C41H66N6O6. The lowest BCUT2D eigenvalue weighted by Gasteiger charge is -2.41. The summed E-state index contributed by atoms with van der Waals surface area (Å²) in [6.07, 6.45) is 5.34. The molecule has 4 fully saturated rings. The van der Waals surface area contributed by atoms with Gasteiger partial charge in [-0.1, -0.05) is 71.4 Å². The molecule has 12 nitrogen and oxygen atoms in total. The van der Waals surface area contributed by atoms with E-state index in [0.717, 1.165) is 63.8 Å². The van der Waals surface area contributed by atoms with Gasteiger partial charge in [0.25, 0.3) is 0 Å². The number of amides is 3. The highest BCUT2D eigenvalue weighted by Gasteiger charge is 2.44. The second-order valence-electron chi connectivity index (χ2n) is 17.2. The maximum absolute atomic E-state index is 14.4. The minimum Gasteiger partial charge on any atom is -0.455 e. The number of carbonyl (C=O) groups excluding carboxylic acids is 4. The smallest absolute Gasteiger partial charge is 0.329 e. The monoisotopic (exact) mass is 739 g/mol. The summed E-state index contributed by atoms with van der Waals surface area (Å²) in [5.74, 6) is -0.466. The Hall–Kier alpha value is -3.06. The van der Waals surface area contributed by atoms with Crippen molar-refractivity contribution in [3.8, 4) is 0 Å². The van der Waals surface area contributed by atoms with E-state index in [4.69, 9.17) is 9.47 Å². The highest BCUT2D eigenvalue weighted by atomic mass is 16.5. The summed E-state index contributed by atoms with van der Waals surface area (Å²) in [6.45, 7) is 16.3. The van der Waals surface area contributed by atoms with Crippen molar-refractivity contribution in [2.45, 2.75) is 116 Å². The first-order chi connectivity index (χ1) is 25.3. The van der Waals surface area contributed by atoms with Crippen LogP contribution in [0.3, 0.4) is 0 Å². The van der Waals surface area contributed by atoms with Crippen LogP contribution < -0.4 is 5.32 Å². The number of esters is 1. The number of likely N-dealkylation sites (N-methyl/N-ethyl adjacent to an activating group) is 2. The number of likely N-dealkylation sites (tertiary alicyclic amines) is 3. The van der Waals surface area contributed by atoms with Crippen molar-refractivity contribution in [2.24, 2.45) is 11.3 Å². The van der Waals surface area contributed by atoms with Crippen molar-refractivity contribution in [1.82, 2.24) is 29.8 Å². The minimum atomic E-state index is -0.688. The number of nitrogens with one attached hydrogen (secondary N) is 1. The molecule has 1 aromatic rings. The minimum absolute atomic E-state index is 0.0284. The highest BCUT2D eigenvalue weighted by Crippen LogP contribution is 2.30. The van der Waals surface area contributed by atoms with Gasteiger partial charge in [0.1, 0.15) is 18.2 Å². The van der Waals surface area contributed by atoms with E-state index in [2.05, 4.69) is 33.9 Å². The zero-order chi connectivity index (χ0) is 38.3. The Kier molecular flexibility index (Phi) is 14.4. The standard InChI is InChI=1S/C41H66N6O6/c1-29(2)34(44(7)39(50)36(41(3,4)5)42-37(48)31-17-11-12-20-43(31)6)27-46-21-13-18-32(46)38(49)47-22-14-19-33(47)40(51)53-35(30-15-9-8-10-16-30)28-45-23-25-52-26-24-45/h8-10,15-16,29,31-36H,11-14,17-28H2,1-7H3,(H,42,48)/t31-,32+,33+,34-,35?,36-/m1/s1. The second kappa shape index (κ2) is 18.5. The number of hydrogen-bond donors (Lipinski definition) is 1. The molecule has 12 heteroatoms. The number of carbonyl (C=O) groups is 4. The summed E-state index contributed by atoms with van der Waals surface area (Å²) in [7, 11) is 3.82. The first-order valence-corrected chi connectivity index (χ1v) is 20.1. The summed E-state index contributed by atoms with van der Waals surface area (Å²) in [5, 5.41) is 3.15. The number of piperidine rings is 1. The van der Waals surface area contributed by atoms with Crippen LogP contribution in [0, 0.1) is 11.3 Å². The lowest BCUT2D eigenvalue weighted by molar-refractivity contribution is -0.160. The van der Waals surface area contributed by atoms with Crippen LogP contribution in [0.1, 0.15) is 91.2 Å². The third kappa shape index (κ3) is 10.4. The van der Waals surface area contributed by atoms with Crippen LogP contribution in [0.5, 0.6) is 0 Å². The van der Waals surface area contributed by atoms with Crippen molar-refractivity contribution >= 4 is 23.7 Å². The van der Waals surface area contributed by atoms with Crippen molar-refractivity contribution in [3.05, 3.63) is 35.9 Å². The lowest BCUT2D eigenvalue weighted by atomic mass is 9.84. The predicted octanol–water partition coefficient (Wildman–Crippen LogP) is 3.56. The van der Waals surface area contributed by atoms with Gasteiger partial charge in [0, 0.05) is 45.8 Å². The molecule has 4 aliphatic rings. The number of morpholine rings is 1. The Balaban J connectivity index is 1.25. The molecule has 3 amide bonds. The Labute approximate surface area is 317 Å². The quantitative estimate of drug-likeness (QED) is 0.304. The van der Waals surface area contributed by atoms with Crippen LogP contribution >= 0.6 is 0 Å². The molecule has 0 saturated carbocycles. The van der Waals surface area contributed by atoms with E-state index in [0.29, 0.717) is 45.7 Å². The van der Waals surface area contributed by atoms with Gasteiger partial charge in [-0.05, 0) is 75.6 Å². The molecule has 4 heterocycles. The van der Waals surface area contributed by atoms with Crippen LogP contribution in [0.15, 0.2) is 30.3 Å². The van der Waals surface area contributed by atoms with Gasteiger partial charge in [0.15, 0.2) is 0 Å². The fraction of sp³-hybridized carbons (Fsp3) is 0.756. The molecule has 1 N–H and O–H groups in total. The van der Waals surface area contributed by atoms with E-state index in [9.17, 15) is 19.2 Å². The molecule has 6 atom stereocenters. The zero-order valence-corrected chi connectivity index (χ0v) is 33.4. The van der Waals surface area contributed by atoms with Crippen molar-refractivity contribution in [3.63, 3.8) is 0 Å². The number of rotatable bonds is 13. The topological polar surface area (TPSA) is 115 Å². The Morgan fingerprint density at radius 3 is 2.19 bits per heavy atom. The summed E-state index contributed by atoms with van der Waals surface area (Å²) < 4.78 is 11.8. The zero-order valence-electron chi connectivity index (χ0n) is 33.4. The van der Waals surface area contributed by atoms with Gasteiger partial charge in [-0.15, -0.1) is 0 Å². The van der Waals surface area contributed by atoms with E-state index in [1.807, 2.05) is 65.2 Å². The summed E-state index contributed by atoms with van der Waals surface area (Å²) in [5.41, 5.74) is 0.446. The number of nitrogens with zero attached hydrogens (tertiary/aromatic N) is 5. The molecule has 0 radical (unpaired) electrons. The lowest BCUT2D eigenvalue weighted by Crippen LogP contribution is -2.61. The maximum atomic E-state index is 14.4. The van der Waals surface area contributed by atoms with Crippen LogP contribution in [0.2, 0.25) is 0 Å². The van der Waals surface area contributed by atoms with E-state index in [-0.39, 0.29) is 47.7 Å². The Bertz CT molecular complexity index is 1380. The molecule has 0 aliphatic carbocycles. The normalized spacial score (nSPS) is 25.2. The predicted molar refractivity (Wildman–Crippen MR) is 205 cm³/mol. The van der Waals surface area contributed by atoms with Gasteiger partial charge in [-0.2, -0.15) is 0 Å². The van der Waals surface area contributed by atoms with Gasteiger partial charge in [-0.25, -0.2) is 4.79 Å². The Morgan fingerprint density at radius 2 is 1.53 bits per heavy atom. The third-order valence-electron chi connectivity index (χ3n) is 11.9. The molecule has 4 saturated heterocycles.